The molecule has 1 unspecified atom stereocenters. The molecule has 0 aliphatic carbocycles. The van der Waals surface area contributed by atoms with Crippen LogP contribution in [0.5, 0.6) is 0 Å². The molecule has 5 nitrogen and oxygen atoms in total. The van der Waals surface area contributed by atoms with Gasteiger partial charge in [-0.1, -0.05) is 0 Å². The molecule has 16 heavy (non-hydrogen) atoms. The van der Waals surface area contributed by atoms with Crippen molar-refractivity contribution in [2.75, 3.05) is 6.54 Å². The van der Waals surface area contributed by atoms with Gasteiger partial charge < -0.3 is 10.3 Å². The van der Waals surface area contributed by atoms with E-state index in [1.807, 2.05) is 30.3 Å². The van der Waals surface area contributed by atoms with Crippen molar-refractivity contribution in [3.63, 3.8) is 0 Å². The number of rotatable bonds is 5. The van der Waals surface area contributed by atoms with Gasteiger partial charge in [-0.25, -0.2) is 4.98 Å². The predicted molar refractivity (Wildman–Crippen MR) is 61.9 cm³/mol. The highest BCUT2D eigenvalue weighted by Gasteiger charge is 2.06. The fourth-order valence-electron chi connectivity index (χ4n) is 1.62. The Labute approximate surface area is 94.9 Å². The summed E-state index contributed by atoms with van der Waals surface area (Å²) in [5.74, 6) is 1.02. The quantitative estimate of drug-likeness (QED) is 0.790. The van der Waals surface area contributed by atoms with Gasteiger partial charge in [-0.2, -0.15) is 5.10 Å². The molecule has 0 fully saturated rings. The van der Waals surface area contributed by atoms with Crippen LogP contribution in [-0.2, 0) is 13.5 Å². The molecule has 0 radical (unpaired) electrons. The lowest BCUT2D eigenvalue weighted by Gasteiger charge is -2.10. The average molecular weight is 219 g/mol. The number of imidazole rings is 1. The van der Waals surface area contributed by atoms with E-state index in [2.05, 4.69) is 27.3 Å². The summed E-state index contributed by atoms with van der Waals surface area (Å²) < 4.78 is 1.82. The Balaban J connectivity index is 1.78. The number of hydrogen-bond acceptors (Lipinski definition) is 3. The van der Waals surface area contributed by atoms with Crippen LogP contribution >= 0.6 is 0 Å². The Bertz CT molecular complexity index is 417. The van der Waals surface area contributed by atoms with Crippen LogP contribution in [0.25, 0.3) is 0 Å². The van der Waals surface area contributed by atoms with E-state index in [4.69, 9.17) is 0 Å². The molecule has 5 heteroatoms. The fraction of sp³-hybridized carbons (Fsp3) is 0.455. The van der Waals surface area contributed by atoms with E-state index in [-0.39, 0.29) is 0 Å². The summed E-state index contributed by atoms with van der Waals surface area (Å²) in [5.41, 5.74) is 1.21. The molecule has 2 aromatic rings. The molecule has 1 atom stereocenters. The molecular formula is C11H17N5. The minimum Gasteiger partial charge on any atom is -0.349 e. The third kappa shape index (κ3) is 2.70. The van der Waals surface area contributed by atoms with E-state index in [0.29, 0.717) is 6.04 Å². The van der Waals surface area contributed by atoms with Gasteiger partial charge in [0.1, 0.15) is 5.82 Å². The first-order chi connectivity index (χ1) is 7.75. The van der Waals surface area contributed by atoms with Crippen molar-refractivity contribution >= 4 is 0 Å². The third-order valence-electron chi connectivity index (χ3n) is 2.59. The third-order valence-corrected chi connectivity index (χ3v) is 2.59. The van der Waals surface area contributed by atoms with Gasteiger partial charge in [-0.3, -0.25) is 4.68 Å². The number of nitrogens with zero attached hydrogens (tertiary/aromatic N) is 3. The second-order valence-corrected chi connectivity index (χ2v) is 3.91. The predicted octanol–water partition coefficient (Wildman–Crippen LogP) is 1.04. The van der Waals surface area contributed by atoms with Crippen LogP contribution in [0.3, 0.4) is 0 Å². The largest absolute Gasteiger partial charge is 0.349 e. The average Bonchev–Trinajstić information content (AvgIpc) is 2.89. The lowest BCUT2D eigenvalue weighted by molar-refractivity contribution is 0.571. The molecule has 0 spiro atoms. The lowest BCUT2D eigenvalue weighted by atomic mass is 10.2. The number of aryl methyl sites for hydroxylation is 1. The number of nitrogens with one attached hydrogen (secondary N) is 2. The Morgan fingerprint density at radius 2 is 2.44 bits per heavy atom. The van der Waals surface area contributed by atoms with Crippen LogP contribution in [-0.4, -0.2) is 26.3 Å². The maximum atomic E-state index is 4.18. The Hall–Kier alpha value is -1.62. The summed E-state index contributed by atoms with van der Waals surface area (Å²) in [6.07, 6.45) is 8.46. The maximum absolute atomic E-state index is 4.18. The zero-order valence-electron chi connectivity index (χ0n) is 9.64. The van der Waals surface area contributed by atoms with Crippen molar-refractivity contribution in [1.29, 1.82) is 0 Å². The summed E-state index contributed by atoms with van der Waals surface area (Å²) in [6, 6.07) is 0.323. The molecule has 0 aliphatic rings. The first kappa shape index (κ1) is 10.9. The first-order valence-electron chi connectivity index (χ1n) is 5.46. The smallest absolute Gasteiger partial charge is 0.107 e. The normalized spacial score (nSPS) is 12.9. The maximum Gasteiger partial charge on any atom is 0.107 e. The molecule has 0 saturated heterocycles. The summed E-state index contributed by atoms with van der Waals surface area (Å²) in [7, 11) is 1.93. The molecular weight excluding hydrogens is 202 g/mol. The van der Waals surface area contributed by atoms with Crippen LogP contribution in [0.2, 0.25) is 0 Å². The van der Waals surface area contributed by atoms with Crippen LogP contribution in [0.1, 0.15) is 24.4 Å². The molecule has 2 aromatic heterocycles. The molecule has 0 aliphatic heterocycles. The minimum atomic E-state index is 0.323. The van der Waals surface area contributed by atoms with Crippen molar-refractivity contribution in [2.45, 2.75) is 19.4 Å². The standard InChI is InChI=1S/C11H17N5/c1-9(10-7-15-16(2)8-10)12-4-3-11-13-5-6-14-11/h5-9,12H,3-4H2,1-2H3,(H,13,14). The number of aromatic nitrogens is 4. The van der Waals surface area contributed by atoms with Gasteiger partial charge >= 0.3 is 0 Å². The Kier molecular flexibility index (Phi) is 3.36. The summed E-state index contributed by atoms with van der Waals surface area (Å²) in [6.45, 7) is 3.04. The number of aromatic amines is 1. The van der Waals surface area contributed by atoms with E-state index < -0.39 is 0 Å². The minimum absolute atomic E-state index is 0.323. The Morgan fingerprint density at radius 1 is 1.56 bits per heavy atom. The molecule has 2 heterocycles. The van der Waals surface area contributed by atoms with E-state index in [0.717, 1.165) is 18.8 Å². The molecule has 2 N–H and O–H groups in total. The van der Waals surface area contributed by atoms with Gasteiger partial charge in [0.05, 0.1) is 6.20 Å². The monoisotopic (exact) mass is 219 g/mol. The van der Waals surface area contributed by atoms with Gasteiger partial charge in [-0.15, -0.1) is 0 Å². The Morgan fingerprint density at radius 3 is 3.06 bits per heavy atom. The molecule has 86 valence electrons. The highest BCUT2D eigenvalue weighted by atomic mass is 15.2. The molecule has 0 saturated carbocycles. The summed E-state index contributed by atoms with van der Waals surface area (Å²) in [5, 5.41) is 7.59. The van der Waals surface area contributed by atoms with Crippen molar-refractivity contribution in [3.05, 3.63) is 36.2 Å². The topological polar surface area (TPSA) is 58.5 Å². The second kappa shape index (κ2) is 4.94. The van der Waals surface area contributed by atoms with Crippen LogP contribution in [0, 0.1) is 0 Å². The SMILES string of the molecule is CC(NCCc1ncc[nH]1)c1cnn(C)c1. The van der Waals surface area contributed by atoms with Gasteiger partial charge in [0.15, 0.2) is 0 Å². The van der Waals surface area contributed by atoms with Gasteiger partial charge in [0, 0.05) is 50.2 Å². The first-order valence-corrected chi connectivity index (χ1v) is 5.46. The van der Waals surface area contributed by atoms with Gasteiger partial charge in [0.25, 0.3) is 0 Å². The summed E-state index contributed by atoms with van der Waals surface area (Å²) in [4.78, 5) is 7.27. The highest BCUT2D eigenvalue weighted by Crippen LogP contribution is 2.09. The van der Waals surface area contributed by atoms with Gasteiger partial charge in [0.2, 0.25) is 0 Å². The zero-order chi connectivity index (χ0) is 11.4. The van der Waals surface area contributed by atoms with Crippen LogP contribution < -0.4 is 5.32 Å². The second-order valence-electron chi connectivity index (χ2n) is 3.91. The van der Waals surface area contributed by atoms with E-state index >= 15 is 0 Å². The number of hydrogen-bond donors (Lipinski definition) is 2. The summed E-state index contributed by atoms with van der Waals surface area (Å²) >= 11 is 0. The zero-order valence-corrected chi connectivity index (χ0v) is 9.64. The van der Waals surface area contributed by atoms with Crippen LogP contribution in [0.4, 0.5) is 0 Å². The van der Waals surface area contributed by atoms with Crippen LogP contribution in [0.15, 0.2) is 24.8 Å². The molecule has 0 bridgehead atoms. The van der Waals surface area contributed by atoms with Crippen molar-refractivity contribution in [1.82, 2.24) is 25.1 Å². The highest BCUT2D eigenvalue weighted by molar-refractivity contribution is 5.08. The van der Waals surface area contributed by atoms with Gasteiger partial charge in [-0.05, 0) is 6.92 Å². The van der Waals surface area contributed by atoms with E-state index in [1.165, 1.54) is 5.56 Å². The molecule has 2 rings (SSSR count). The molecule has 0 aromatic carbocycles. The van der Waals surface area contributed by atoms with Crippen molar-refractivity contribution < 1.29 is 0 Å². The van der Waals surface area contributed by atoms with E-state index in [1.54, 1.807) is 6.20 Å². The lowest BCUT2D eigenvalue weighted by Crippen LogP contribution is -2.21. The van der Waals surface area contributed by atoms with Crippen molar-refractivity contribution in [3.8, 4) is 0 Å². The van der Waals surface area contributed by atoms with E-state index in [9.17, 15) is 0 Å². The van der Waals surface area contributed by atoms with Crippen molar-refractivity contribution in [2.24, 2.45) is 7.05 Å². The fourth-order valence-corrected chi connectivity index (χ4v) is 1.62. The molecule has 0 amide bonds. The number of H-pyrrole nitrogens is 1.